The third-order valence-corrected chi connectivity index (χ3v) is 5.05. The van der Waals surface area contributed by atoms with Gasteiger partial charge in [0.05, 0.1) is 17.6 Å². The fraction of sp³-hybridized carbons (Fsp3) is 0.500. The largest absolute Gasteiger partial charge is 0.399 e. The molecule has 0 aromatic heterocycles. The first kappa shape index (κ1) is 13.3. The molecule has 0 amide bonds. The minimum atomic E-state index is -3.44. The van der Waals surface area contributed by atoms with Gasteiger partial charge in [0.1, 0.15) is 0 Å². The lowest BCUT2D eigenvalue weighted by molar-refractivity contribution is 0.0102. The Balaban J connectivity index is 2.35. The van der Waals surface area contributed by atoms with Crippen LogP contribution >= 0.6 is 0 Å². The number of nitrogens with two attached hydrogens (primary N) is 1. The second-order valence-electron chi connectivity index (χ2n) is 4.57. The van der Waals surface area contributed by atoms with Crippen molar-refractivity contribution in [1.82, 2.24) is 4.31 Å². The van der Waals surface area contributed by atoms with E-state index in [9.17, 15) is 8.42 Å². The monoisotopic (exact) mass is 270 g/mol. The molecule has 1 saturated heterocycles. The van der Waals surface area contributed by atoms with Crippen molar-refractivity contribution in [3.8, 4) is 0 Å². The minimum absolute atomic E-state index is 0.0670. The maximum absolute atomic E-state index is 12.5. The zero-order valence-electron chi connectivity index (χ0n) is 10.6. The molecule has 2 rings (SSSR count). The van der Waals surface area contributed by atoms with Crippen LogP contribution in [0.4, 0.5) is 5.69 Å². The topological polar surface area (TPSA) is 72.6 Å². The molecular formula is C12H18N2O3S. The van der Waals surface area contributed by atoms with Crippen LogP contribution in [0.1, 0.15) is 12.5 Å². The summed E-state index contributed by atoms with van der Waals surface area (Å²) in [7, 11) is -3.44. The van der Waals surface area contributed by atoms with E-state index in [1.165, 1.54) is 4.31 Å². The van der Waals surface area contributed by atoms with E-state index in [1.54, 1.807) is 25.1 Å². The van der Waals surface area contributed by atoms with Crippen molar-refractivity contribution in [3.05, 3.63) is 23.8 Å². The van der Waals surface area contributed by atoms with Crippen LogP contribution < -0.4 is 5.73 Å². The quantitative estimate of drug-likeness (QED) is 0.813. The highest BCUT2D eigenvalue weighted by Gasteiger charge is 2.30. The van der Waals surface area contributed by atoms with Gasteiger partial charge >= 0.3 is 0 Å². The van der Waals surface area contributed by atoms with Gasteiger partial charge in [-0.05, 0) is 37.6 Å². The maximum Gasteiger partial charge on any atom is 0.243 e. The summed E-state index contributed by atoms with van der Waals surface area (Å²) >= 11 is 0. The molecule has 1 aromatic carbocycles. The van der Waals surface area contributed by atoms with E-state index in [0.717, 1.165) is 0 Å². The Morgan fingerprint density at radius 3 is 2.78 bits per heavy atom. The van der Waals surface area contributed by atoms with Gasteiger partial charge in [-0.3, -0.25) is 0 Å². The number of hydrogen-bond acceptors (Lipinski definition) is 4. The van der Waals surface area contributed by atoms with Crippen LogP contribution in [0, 0.1) is 6.92 Å². The Morgan fingerprint density at radius 1 is 1.44 bits per heavy atom. The van der Waals surface area contributed by atoms with Gasteiger partial charge < -0.3 is 10.5 Å². The maximum atomic E-state index is 12.5. The number of aryl methyl sites for hydroxylation is 1. The lowest BCUT2D eigenvalue weighted by Crippen LogP contribution is -2.44. The normalized spacial score (nSPS) is 22.0. The fourth-order valence-electron chi connectivity index (χ4n) is 2.11. The van der Waals surface area contributed by atoms with Crippen molar-refractivity contribution in [2.75, 3.05) is 25.4 Å². The molecule has 1 atom stereocenters. The highest BCUT2D eigenvalue weighted by Crippen LogP contribution is 2.23. The molecule has 5 nitrogen and oxygen atoms in total. The van der Waals surface area contributed by atoms with Gasteiger partial charge in [0, 0.05) is 18.8 Å². The molecule has 1 unspecified atom stereocenters. The zero-order chi connectivity index (χ0) is 13.3. The SMILES string of the molecule is Cc1cc(N)ccc1S(=O)(=O)N1CCOC(C)C1. The number of anilines is 1. The smallest absolute Gasteiger partial charge is 0.243 e. The summed E-state index contributed by atoms with van der Waals surface area (Å²) in [6.07, 6.45) is -0.0670. The molecule has 0 bridgehead atoms. The van der Waals surface area contributed by atoms with E-state index < -0.39 is 10.0 Å². The number of nitrogens with zero attached hydrogens (tertiary/aromatic N) is 1. The van der Waals surface area contributed by atoms with Crippen LogP contribution in [0.15, 0.2) is 23.1 Å². The molecular weight excluding hydrogens is 252 g/mol. The van der Waals surface area contributed by atoms with E-state index in [0.29, 0.717) is 35.8 Å². The second kappa shape index (κ2) is 4.87. The van der Waals surface area contributed by atoms with Gasteiger partial charge in [-0.1, -0.05) is 0 Å². The standard InChI is InChI=1S/C12H18N2O3S/c1-9-7-11(13)3-4-12(9)18(15,16)14-5-6-17-10(2)8-14/h3-4,7,10H,5-6,8,13H2,1-2H3. The summed E-state index contributed by atoms with van der Waals surface area (Å²) in [5.41, 5.74) is 6.89. The van der Waals surface area contributed by atoms with Crippen molar-refractivity contribution in [2.24, 2.45) is 0 Å². The fourth-order valence-corrected chi connectivity index (χ4v) is 3.81. The average molecular weight is 270 g/mol. The first-order valence-corrected chi connectivity index (χ1v) is 7.33. The van der Waals surface area contributed by atoms with Gasteiger partial charge in [0.2, 0.25) is 10.0 Å². The van der Waals surface area contributed by atoms with Gasteiger partial charge in [-0.2, -0.15) is 4.31 Å². The molecule has 1 heterocycles. The Morgan fingerprint density at radius 2 is 2.17 bits per heavy atom. The van der Waals surface area contributed by atoms with Crippen molar-refractivity contribution in [2.45, 2.75) is 24.8 Å². The lowest BCUT2D eigenvalue weighted by atomic mass is 10.2. The molecule has 6 heteroatoms. The molecule has 0 saturated carbocycles. The highest BCUT2D eigenvalue weighted by molar-refractivity contribution is 7.89. The van der Waals surface area contributed by atoms with Crippen molar-refractivity contribution >= 4 is 15.7 Å². The lowest BCUT2D eigenvalue weighted by Gasteiger charge is -2.30. The number of morpholine rings is 1. The highest BCUT2D eigenvalue weighted by atomic mass is 32.2. The molecule has 0 aliphatic carbocycles. The molecule has 1 aliphatic heterocycles. The van der Waals surface area contributed by atoms with E-state index in [-0.39, 0.29) is 6.10 Å². The van der Waals surface area contributed by atoms with Crippen LogP contribution in [0.25, 0.3) is 0 Å². The Labute approximate surface area is 108 Å². The predicted octanol–water partition coefficient (Wildman–Crippen LogP) is 0.987. The van der Waals surface area contributed by atoms with Crippen LogP contribution in [0.3, 0.4) is 0 Å². The second-order valence-corrected chi connectivity index (χ2v) is 6.48. The molecule has 18 heavy (non-hydrogen) atoms. The summed E-state index contributed by atoms with van der Waals surface area (Å²) < 4.78 is 31.8. The van der Waals surface area contributed by atoms with Crippen molar-refractivity contribution in [1.29, 1.82) is 0 Å². The van der Waals surface area contributed by atoms with Gasteiger partial charge in [-0.25, -0.2) is 8.42 Å². The summed E-state index contributed by atoms with van der Waals surface area (Å²) in [5, 5.41) is 0. The third-order valence-electron chi connectivity index (χ3n) is 3.02. The van der Waals surface area contributed by atoms with E-state index >= 15 is 0 Å². The van der Waals surface area contributed by atoms with Crippen LogP contribution in [-0.4, -0.2) is 38.5 Å². The number of ether oxygens (including phenoxy) is 1. The van der Waals surface area contributed by atoms with Gasteiger partial charge in [0.15, 0.2) is 0 Å². The average Bonchev–Trinajstić information content (AvgIpc) is 2.28. The number of nitrogen functional groups attached to an aromatic ring is 1. The van der Waals surface area contributed by atoms with Gasteiger partial charge in [0.25, 0.3) is 0 Å². The molecule has 100 valence electrons. The van der Waals surface area contributed by atoms with Crippen molar-refractivity contribution < 1.29 is 13.2 Å². The summed E-state index contributed by atoms with van der Waals surface area (Å²) in [4.78, 5) is 0.325. The molecule has 0 radical (unpaired) electrons. The molecule has 1 aromatic rings. The first-order chi connectivity index (χ1) is 8.41. The van der Waals surface area contributed by atoms with E-state index in [4.69, 9.17) is 10.5 Å². The van der Waals surface area contributed by atoms with Crippen LogP contribution in [-0.2, 0) is 14.8 Å². The number of benzene rings is 1. The first-order valence-electron chi connectivity index (χ1n) is 5.89. The van der Waals surface area contributed by atoms with Gasteiger partial charge in [-0.15, -0.1) is 0 Å². The number of sulfonamides is 1. The Hall–Kier alpha value is -1.11. The Bertz CT molecular complexity index is 542. The molecule has 2 N–H and O–H groups in total. The van der Waals surface area contributed by atoms with E-state index in [2.05, 4.69) is 0 Å². The molecule has 1 aliphatic rings. The predicted molar refractivity (Wildman–Crippen MR) is 69.8 cm³/mol. The zero-order valence-corrected chi connectivity index (χ0v) is 11.4. The summed E-state index contributed by atoms with van der Waals surface area (Å²) in [5.74, 6) is 0. The molecule has 1 fully saturated rings. The third kappa shape index (κ3) is 2.50. The summed E-state index contributed by atoms with van der Waals surface area (Å²) in [6, 6.07) is 4.86. The number of hydrogen-bond donors (Lipinski definition) is 1. The van der Waals surface area contributed by atoms with Crippen molar-refractivity contribution in [3.63, 3.8) is 0 Å². The van der Waals surface area contributed by atoms with Crippen LogP contribution in [0.2, 0.25) is 0 Å². The molecule has 0 spiro atoms. The summed E-state index contributed by atoms with van der Waals surface area (Å²) in [6.45, 7) is 4.86. The van der Waals surface area contributed by atoms with E-state index in [1.807, 2.05) is 6.92 Å². The number of rotatable bonds is 2. The minimum Gasteiger partial charge on any atom is -0.399 e. The Kier molecular flexibility index (Phi) is 3.61. The van der Waals surface area contributed by atoms with Crippen LogP contribution in [0.5, 0.6) is 0 Å².